The maximum Gasteiger partial charge on any atom is 0.349 e. The molecule has 4 rings (SSSR count). The predicted molar refractivity (Wildman–Crippen MR) is 147 cm³/mol. The number of aliphatic carboxylic acids is 1. The van der Waals surface area contributed by atoms with Crippen molar-refractivity contribution in [2.75, 3.05) is 24.1 Å². The van der Waals surface area contributed by atoms with E-state index in [1.807, 2.05) is 6.07 Å². The molecule has 1 amide bonds. The molecule has 1 unspecified atom stereocenters. The average molecular weight is 624 g/mol. The number of anilines is 1. The summed E-state index contributed by atoms with van der Waals surface area (Å²) in [4.78, 5) is 36.7. The summed E-state index contributed by atoms with van der Waals surface area (Å²) in [6.45, 7) is 0.823. The fraction of sp³-hybridized carbons (Fsp3) is 0.269. The SMILES string of the molecule is O=C(O)COc1c(C(=O)O)sc(-c2cccc(OC(C(=O)N(Cl)c3ccccc3)C3CCNCC3)c2)c1Br. The quantitative estimate of drug-likeness (QED) is 0.261. The van der Waals surface area contributed by atoms with E-state index in [9.17, 15) is 19.5 Å². The van der Waals surface area contributed by atoms with E-state index in [0.717, 1.165) is 41.7 Å². The van der Waals surface area contributed by atoms with Gasteiger partial charge in [0.15, 0.2) is 23.3 Å². The first kappa shape index (κ1) is 27.9. The molecule has 3 N–H and O–H groups in total. The summed E-state index contributed by atoms with van der Waals surface area (Å²) in [5, 5.41) is 21.9. The first-order valence-corrected chi connectivity index (χ1v) is 13.6. The summed E-state index contributed by atoms with van der Waals surface area (Å²) < 4.78 is 12.9. The highest BCUT2D eigenvalue weighted by atomic mass is 79.9. The normalized spacial score (nSPS) is 14.5. The molecule has 0 bridgehead atoms. The number of nitrogens with one attached hydrogen (secondary N) is 1. The van der Waals surface area contributed by atoms with Gasteiger partial charge in [-0.05, 0) is 71.7 Å². The Balaban J connectivity index is 1.64. The number of rotatable bonds is 10. The molecule has 0 radical (unpaired) electrons. The van der Waals surface area contributed by atoms with Crippen LogP contribution >= 0.6 is 39.0 Å². The second-order valence-corrected chi connectivity index (χ2v) is 10.7. The molecule has 3 aromatic rings. The summed E-state index contributed by atoms with van der Waals surface area (Å²) >= 11 is 10.8. The number of amides is 1. The molecule has 2 heterocycles. The second kappa shape index (κ2) is 12.6. The minimum absolute atomic E-state index is 0.0605. The molecule has 1 saturated heterocycles. The number of carbonyl (C=O) groups is 3. The molecule has 0 spiro atoms. The van der Waals surface area contributed by atoms with Crippen molar-refractivity contribution in [2.45, 2.75) is 18.9 Å². The van der Waals surface area contributed by atoms with Crippen molar-refractivity contribution in [1.29, 1.82) is 0 Å². The monoisotopic (exact) mass is 622 g/mol. The van der Waals surface area contributed by atoms with Crippen molar-refractivity contribution < 1.29 is 34.1 Å². The van der Waals surface area contributed by atoms with Crippen LogP contribution in [0.3, 0.4) is 0 Å². The fourth-order valence-corrected chi connectivity index (χ4v) is 6.23. The van der Waals surface area contributed by atoms with E-state index in [4.69, 9.17) is 26.4 Å². The summed E-state index contributed by atoms with van der Waals surface area (Å²) in [7, 11) is 0. The number of benzene rings is 2. The smallest absolute Gasteiger partial charge is 0.349 e. The topological polar surface area (TPSA) is 125 Å². The molecular weight excluding hydrogens is 600 g/mol. The van der Waals surface area contributed by atoms with Gasteiger partial charge in [-0.1, -0.05) is 30.3 Å². The second-order valence-electron chi connectivity index (χ2n) is 8.50. The summed E-state index contributed by atoms with van der Waals surface area (Å²) in [5.74, 6) is -2.58. The van der Waals surface area contributed by atoms with Gasteiger partial charge in [0.05, 0.1) is 15.0 Å². The number of hydrogen-bond acceptors (Lipinski definition) is 7. The fourth-order valence-electron chi connectivity index (χ4n) is 4.14. The van der Waals surface area contributed by atoms with Crippen molar-refractivity contribution in [3.63, 3.8) is 0 Å². The van der Waals surface area contributed by atoms with Crippen molar-refractivity contribution in [2.24, 2.45) is 5.92 Å². The highest BCUT2D eigenvalue weighted by molar-refractivity contribution is 9.10. The van der Waals surface area contributed by atoms with Gasteiger partial charge in [0, 0.05) is 17.7 Å². The molecule has 1 aliphatic rings. The number of nitrogens with zero attached hydrogens (tertiary/aromatic N) is 1. The van der Waals surface area contributed by atoms with Crippen LogP contribution < -0.4 is 19.2 Å². The van der Waals surface area contributed by atoms with E-state index < -0.39 is 24.6 Å². The average Bonchev–Trinajstić information content (AvgIpc) is 3.27. The van der Waals surface area contributed by atoms with Crippen molar-refractivity contribution in [3.05, 3.63) is 63.9 Å². The number of aromatic carboxylic acids is 1. The number of thiophene rings is 1. The van der Waals surface area contributed by atoms with Gasteiger partial charge in [-0.15, -0.1) is 11.3 Å². The van der Waals surface area contributed by atoms with Gasteiger partial charge < -0.3 is 25.0 Å². The number of para-hydroxylation sites is 1. The summed E-state index contributed by atoms with van der Waals surface area (Å²) in [5.41, 5.74) is 1.14. The number of carboxylic acids is 2. The Morgan fingerprint density at radius 1 is 1.11 bits per heavy atom. The van der Waals surface area contributed by atoms with Crippen LogP contribution in [0, 0.1) is 5.92 Å². The van der Waals surface area contributed by atoms with Crippen LogP contribution in [0.4, 0.5) is 5.69 Å². The summed E-state index contributed by atoms with van der Waals surface area (Å²) in [6.07, 6.45) is 0.623. The number of halogens is 2. The third-order valence-electron chi connectivity index (χ3n) is 5.93. The molecule has 2 aromatic carbocycles. The highest BCUT2D eigenvalue weighted by Crippen LogP contribution is 2.46. The Bertz CT molecular complexity index is 1310. The lowest BCUT2D eigenvalue weighted by Crippen LogP contribution is -2.46. The van der Waals surface area contributed by atoms with Gasteiger partial charge in [-0.25, -0.2) is 14.0 Å². The zero-order valence-electron chi connectivity index (χ0n) is 19.9. The van der Waals surface area contributed by atoms with Crippen LogP contribution in [-0.2, 0) is 9.59 Å². The Morgan fingerprint density at radius 2 is 1.82 bits per heavy atom. The van der Waals surface area contributed by atoms with Crippen LogP contribution in [0.5, 0.6) is 11.5 Å². The lowest BCUT2D eigenvalue weighted by atomic mass is 9.91. The number of ether oxygens (including phenoxy) is 2. The van der Waals surface area contributed by atoms with Crippen molar-refractivity contribution in [1.82, 2.24) is 5.32 Å². The van der Waals surface area contributed by atoms with Gasteiger partial charge in [-0.2, -0.15) is 0 Å². The van der Waals surface area contributed by atoms with Crippen LogP contribution in [0.15, 0.2) is 59.1 Å². The minimum atomic E-state index is -1.24. The standard InChI is InChI=1S/C26H24BrClN2O7S/c27-20-22(36-14-19(31)32)24(26(34)35)38-23(20)16-5-4-8-18(13-16)37-21(15-9-11-29-12-10-15)25(33)30(28)17-6-2-1-3-7-17/h1-8,13,15,21,29H,9-12,14H2,(H,31,32)(H,34,35). The van der Waals surface area contributed by atoms with E-state index in [1.54, 1.807) is 48.5 Å². The van der Waals surface area contributed by atoms with Gasteiger partial charge in [0.25, 0.3) is 5.91 Å². The molecule has 200 valence electrons. The maximum absolute atomic E-state index is 13.5. The van der Waals surface area contributed by atoms with Gasteiger partial charge in [0.2, 0.25) is 0 Å². The Hall–Kier alpha value is -3.12. The molecule has 12 heteroatoms. The van der Waals surface area contributed by atoms with Crippen LogP contribution in [0.25, 0.3) is 10.4 Å². The molecule has 1 aromatic heterocycles. The van der Waals surface area contributed by atoms with E-state index in [-0.39, 0.29) is 22.5 Å². The van der Waals surface area contributed by atoms with Gasteiger partial charge >= 0.3 is 11.9 Å². The maximum atomic E-state index is 13.5. The predicted octanol–water partition coefficient (Wildman–Crippen LogP) is 5.27. The van der Waals surface area contributed by atoms with Crippen molar-refractivity contribution in [3.8, 4) is 21.9 Å². The van der Waals surface area contributed by atoms with Gasteiger partial charge in [0.1, 0.15) is 5.75 Å². The molecule has 1 aliphatic heterocycles. The lowest BCUT2D eigenvalue weighted by molar-refractivity contribution is -0.139. The lowest BCUT2D eigenvalue weighted by Gasteiger charge is -2.31. The Labute approximate surface area is 236 Å². The zero-order chi connectivity index (χ0) is 27.2. The van der Waals surface area contributed by atoms with Gasteiger partial charge in [-0.3, -0.25) is 4.79 Å². The van der Waals surface area contributed by atoms with Crippen molar-refractivity contribution >= 4 is 62.6 Å². The van der Waals surface area contributed by atoms with E-state index in [1.165, 1.54) is 0 Å². The molecule has 9 nitrogen and oxygen atoms in total. The third-order valence-corrected chi connectivity index (χ3v) is 8.52. The minimum Gasteiger partial charge on any atom is -0.480 e. The van der Waals surface area contributed by atoms with Crippen LogP contribution in [0.1, 0.15) is 22.5 Å². The number of piperidine rings is 1. The molecule has 0 aliphatic carbocycles. The van der Waals surface area contributed by atoms with E-state index >= 15 is 0 Å². The Kier molecular flexibility index (Phi) is 9.26. The molecule has 38 heavy (non-hydrogen) atoms. The van der Waals surface area contributed by atoms with E-state index in [0.29, 0.717) is 26.4 Å². The van der Waals surface area contributed by atoms with E-state index in [2.05, 4.69) is 21.2 Å². The number of carbonyl (C=O) groups excluding carboxylic acids is 1. The first-order chi connectivity index (χ1) is 18.3. The van der Waals surface area contributed by atoms with Crippen LogP contribution in [-0.4, -0.2) is 53.9 Å². The number of carboxylic acid groups (broad SMARTS) is 2. The third kappa shape index (κ3) is 6.47. The Morgan fingerprint density at radius 3 is 2.47 bits per heavy atom. The molecular formula is C26H24BrClN2O7S. The zero-order valence-corrected chi connectivity index (χ0v) is 23.1. The largest absolute Gasteiger partial charge is 0.480 e. The van der Waals surface area contributed by atoms with Crippen LogP contribution in [0.2, 0.25) is 0 Å². The summed E-state index contributed by atoms with van der Waals surface area (Å²) in [6, 6.07) is 15.8. The molecule has 0 saturated carbocycles. The molecule has 1 fully saturated rings. The highest BCUT2D eigenvalue weighted by Gasteiger charge is 2.35. The first-order valence-electron chi connectivity index (χ1n) is 11.7. The molecule has 1 atom stereocenters. The number of hydrogen-bond donors (Lipinski definition) is 3.